The van der Waals surface area contributed by atoms with Crippen molar-refractivity contribution in [1.29, 1.82) is 0 Å². The zero-order valence-electron chi connectivity index (χ0n) is 13.7. The van der Waals surface area contributed by atoms with E-state index >= 15 is 0 Å². The second kappa shape index (κ2) is 7.24. The number of benzene rings is 1. The summed E-state index contributed by atoms with van der Waals surface area (Å²) in [7, 11) is 0. The quantitative estimate of drug-likeness (QED) is 0.640. The summed E-state index contributed by atoms with van der Waals surface area (Å²) in [6.07, 6.45) is 1.41. The summed E-state index contributed by atoms with van der Waals surface area (Å²) in [5.74, 6) is -1.24. The molecule has 2 heterocycles. The van der Waals surface area contributed by atoms with Gasteiger partial charge in [0.15, 0.2) is 5.76 Å². The molecule has 2 aromatic heterocycles. The Balaban J connectivity index is 1.78. The molecule has 132 valence electrons. The van der Waals surface area contributed by atoms with E-state index < -0.39 is 11.8 Å². The van der Waals surface area contributed by atoms with E-state index in [0.29, 0.717) is 21.1 Å². The molecule has 26 heavy (non-hydrogen) atoms. The summed E-state index contributed by atoms with van der Waals surface area (Å²) in [6.45, 7) is 1.76. The third kappa shape index (κ3) is 3.65. The summed E-state index contributed by atoms with van der Waals surface area (Å²) in [5, 5.41) is 5.88. The van der Waals surface area contributed by atoms with Gasteiger partial charge in [0.1, 0.15) is 0 Å². The third-order valence-electron chi connectivity index (χ3n) is 3.55. The smallest absolute Gasteiger partial charge is 0.291 e. The first-order valence-corrected chi connectivity index (χ1v) is 8.43. The molecule has 0 aliphatic rings. The van der Waals surface area contributed by atoms with Crippen molar-refractivity contribution < 1.29 is 18.8 Å². The Morgan fingerprint density at radius 3 is 2.50 bits per heavy atom. The lowest BCUT2D eigenvalue weighted by atomic mass is 10.1. The second-order valence-corrected chi connectivity index (χ2v) is 6.47. The average Bonchev–Trinajstić information content (AvgIpc) is 3.25. The van der Waals surface area contributed by atoms with Crippen LogP contribution in [-0.4, -0.2) is 17.7 Å². The minimum Gasteiger partial charge on any atom is -0.459 e. The predicted octanol–water partition coefficient (Wildman–Crippen LogP) is 3.25. The molecule has 0 aliphatic carbocycles. The number of carbonyl (C=O) groups excluding carboxylic acids is 3. The maximum atomic E-state index is 12.6. The number of rotatable bonds is 5. The highest BCUT2D eigenvalue weighted by Gasteiger charge is 2.18. The lowest BCUT2D eigenvalue weighted by Crippen LogP contribution is -2.18. The van der Waals surface area contributed by atoms with Crippen molar-refractivity contribution >= 4 is 39.7 Å². The largest absolute Gasteiger partial charge is 0.459 e. The molecule has 0 unspecified atom stereocenters. The Hall–Kier alpha value is -3.39. The number of hydrogen-bond acceptors (Lipinski definition) is 5. The predicted molar refractivity (Wildman–Crippen MR) is 98.6 cm³/mol. The fraction of sp³-hybridized carbons (Fsp3) is 0.0556. The Bertz CT molecular complexity index is 976. The number of nitrogens with one attached hydrogen (secondary N) is 2. The molecule has 0 bridgehead atoms. The number of anilines is 2. The maximum Gasteiger partial charge on any atom is 0.291 e. The highest BCUT2D eigenvalue weighted by atomic mass is 32.1. The molecule has 8 heteroatoms. The first kappa shape index (κ1) is 17.4. The summed E-state index contributed by atoms with van der Waals surface area (Å²) >= 11 is 1.12. The number of thiophene rings is 1. The minimum atomic E-state index is -0.629. The highest BCUT2D eigenvalue weighted by molar-refractivity contribution is 7.18. The van der Waals surface area contributed by atoms with Gasteiger partial charge in [-0.25, -0.2) is 0 Å². The monoisotopic (exact) mass is 369 g/mol. The van der Waals surface area contributed by atoms with Gasteiger partial charge in [-0.2, -0.15) is 0 Å². The van der Waals surface area contributed by atoms with Gasteiger partial charge in [-0.15, -0.1) is 11.3 Å². The van der Waals surface area contributed by atoms with Crippen molar-refractivity contribution in [3.8, 4) is 0 Å². The van der Waals surface area contributed by atoms with Gasteiger partial charge in [0, 0.05) is 0 Å². The summed E-state index contributed by atoms with van der Waals surface area (Å²) < 4.78 is 5.04. The number of primary amides is 1. The van der Waals surface area contributed by atoms with Crippen LogP contribution in [0.2, 0.25) is 0 Å². The van der Waals surface area contributed by atoms with Gasteiger partial charge in [0.25, 0.3) is 17.7 Å². The zero-order chi connectivity index (χ0) is 18.7. The van der Waals surface area contributed by atoms with Crippen molar-refractivity contribution in [2.75, 3.05) is 10.6 Å². The van der Waals surface area contributed by atoms with Crippen molar-refractivity contribution in [3.05, 3.63) is 70.5 Å². The van der Waals surface area contributed by atoms with Crippen LogP contribution in [0.4, 0.5) is 10.7 Å². The van der Waals surface area contributed by atoms with Crippen LogP contribution in [0.3, 0.4) is 0 Å². The molecule has 3 amide bonds. The zero-order valence-corrected chi connectivity index (χ0v) is 14.6. The number of aryl methyl sites for hydroxylation is 1. The third-order valence-corrected chi connectivity index (χ3v) is 4.70. The van der Waals surface area contributed by atoms with Crippen LogP contribution >= 0.6 is 11.3 Å². The van der Waals surface area contributed by atoms with Crippen LogP contribution in [0.5, 0.6) is 0 Å². The van der Waals surface area contributed by atoms with E-state index in [-0.39, 0.29) is 17.2 Å². The number of nitrogens with two attached hydrogens (primary N) is 1. The fourth-order valence-corrected chi connectivity index (χ4v) is 3.30. The first-order valence-electron chi connectivity index (χ1n) is 7.61. The van der Waals surface area contributed by atoms with E-state index in [1.165, 1.54) is 12.3 Å². The molecule has 1 aromatic carbocycles. The lowest BCUT2D eigenvalue weighted by Gasteiger charge is -2.08. The van der Waals surface area contributed by atoms with Gasteiger partial charge in [-0.05, 0) is 42.8 Å². The fourth-order valence-electron chi connectivity index (χ4n) is 2.34. The topological polar surface area (TPSA) is 114 Å². The van der Waals surface area contributed by atoms with E-state index in [2.05, 4.69) is 10.6 Å². The van der Waals surface area contributed by atoms with Crippen molar-refractivity contribution in [2.45, 2.75) is 6.92 Å². The van der Waals surface area contributed by atoms with Crippen LogP contribution < -0.4 is 16.4 Å². The molecule has 0 saturated heterocycles. The van der Waals surface area contributed by atoms with E-state index in [1.807, 2.05) is 0 Å². The number of para-hydroxylation sites is 1. The molecule has 0 spiro atoms. The van der Waals surface area contributed by atoms with Crippen LogP contribution in [0.1, 0.15) is 36.1 Å². The average molecular weight is 369 g/mol. The van der Waals surface area contributed by atoms with Crippen LogP contribution in [0.25, 0.3) is 0 Å². The SMILES string of the molecule is Cc1cc(NC(=O)c2ccco2)sc1C(=O)Nc1ccccc1C(N)=O. The minimum absolute atomic E-state index is 0.178. The lowest BCUT2D eigenvalue weighted by molar-refractivity contribution is 0.0990. The molecule has 0 saturated carbocycles. The summed E-state index contributed by atoms with van der Waals surface area (Å²) in [4.78, 5) is 36.5. The van der Waals surface area contributed by atoms with E-state index in [1.54, 1.807) is 43.3 Å². The Labute approximate surface area is 152 Å². The van der Waals surface area contributed by atoms with Gasteiger partial charge in [-0.3, -0.25) is 14.4 Å². The summed E-state index contributed by atoms with van der Waals surface area (Å²) in [5.41, 5.74) is 6.57. The molecule has 3 rings (SSSR count). The van der Waals surface area contributed by atoms with Gasteiger partial charge in [-0.1, -0.05) is 12.1 Å². The van der Waals surface area contributed by atoms with Gasteiger partial charge >= 0.3 is 0 Å². The Morgan fingerprint density at radius 2 is 1.81 bits per heavy atom. The van der Waals surface area contributed by atoms with Crippen LogP contribution in [0.15, 0.2) is 53.1 Å². The van der Waals surface area contributed by atoms with Crippen molar-refractivity contribution in [1.82, 2.24) is 0 Å². The van der Waals surface area contributed by atoms with Crippen LogP contribution in [0, 0.1) is 6.92 Å². The van der Waals surface area contributed by atoms with E-state index in [9.17, 15) is 14.4 Å². The number of amides is 3. The molecule has 4 N–H and O–H groups in total. The number of hydrogen-bond donors (Lipinski definition) is 3. The maximum absolute atomic E-state index is 12.6. The molecular weight excluding hydrogens is 354 g/mol. The molecule has 3 aromatic rings. The van der Waals surface area contributed by atoms with E-state index in [4.69, 9.17) is 10.2 Å². The molecule has 0 aliphatic heterocycles. The number of furan rings is 1. The highest BCUT2D eigenvalue weighted by Crippen LogP contribution is 2.28. The normalized spacial score (nSPS) is 10.3. The van der Waals surface area contributed by atoms with E-state index in [0.717, 1.165) is 11.3 Å². The Morgan fingerprint density at radius 1 is 1.04 bits per heavy atom. The molecule has 7 nitrogen and oxygen atoms in total. The molecule has 0 atom stereocenters. The summed E-state index contributed by atoms with van der Waals surface area (Å²) in [6, 6.07) is 11.3. The standard InChI is InChI=1S/C18H15N3O4S/c1-10-9-14(21-17(23)13-7-4-8-25-13)26-15(10)18(24)20-12-6-3-2-5-11(12)16(19)22/h2-9H,1H3,(H2,19,22)(H,20,24)(H,21,23). The Kier molecular flexibility index (Phi) is 4.85. The molecule has 0 radical (unpaired) electrons. The second-order valence-electron chi connectivity index (χ2n) is 5.42. The van der Waals surface area contributed by atoms with Gasteiger partial charge in [0.2, 0.25) is 0 Å². The van der Waals surface area contributed by atoms with Crippen molar-refractivity contribution in [3.63, 3.8) is 0 Å². The van der Waals surface area contributed by atoms with Gasteiger partial charge < -0.3 is 20.8 Å². The van der Waals surface area contributed by atoms with Gasteiger partial charge in [0.05, 0.1) is 27.4 Å². The van der Waals surface area contributed by atoms with Crippen molar-refractivity contribution in [2.24, 2.45) is 5.73 Å². The number of carbonyl (C=O) groups is 3. The molecular formula is C18H15N3O4S. The first-order chi connectivity index (χ1) is 12.5. The molecule has 0 fully saturated rings. The van der Waals surface area contributed by atoms with Crippen LogP contribution in [-0.2, 0) is 0 Å².